The fourth-order valence-corrected chi connectivity index (χ4v) is 3.00. The summed E-state index contributed by atoms with van der Waals surface area (Å²) in [5.41, 5.74) is 1.50. The van der Waals surface area contributed by atoms with Gasteiger partial charge in [0.25, 0.3) is 0 Å². The smallest absolute Gasteiger partial charge is 0.227 e. The lowest BCUT2D eigenvalue weighted by Crippen LogP contribution is -2.38. The van der Waals surface area contributed by atoms with Gasteiger partial charge in [-0.25, -0.2) is 4.39 Å². The van der Waals surface area contributed by atoms with E-state index in [4.69, 9.17) is 4.74 Å². The molecular formula is C20H22FNO2. The first-order valence-corrected chi connectivity index (χ1v) is 8.39. The Morgan fingerprint density at radius 3 is 2.58 bits per heavy atom. The molecule has 1 aliphatic heterocycles. The van der Waals surface area contributed by atoms with Gasteiger partial charge in [-0.2, -0.15) is 0 Å². The third-order valence-electron chi connectivity index (χ3n) is 4.32. The van der Waals surface area contributed by atoms with Crippen molar-refractivity contribution in [1.82, 2.24) is 4.90 Å². The molecule has 0 bridgehead atoms. The number of carbonyl (C=O) groups excluding carboxylic acids is 1. The van der Waals surface area contributed by atoms with Crippen molar-refractivity contribution in [1.29, 1.82) is 0 Å². The van der Waals surface area contributed by atoms with Crippen LogP contribution in [0.4, 0.5) is 4.39 Å². The van der Waals surface area contributed by atoms with E-state index < -0.39 is 0 Å². The van der Waals surface area contributed by atoms with Crippen molar-refractivity contribution in [3.63, 3.8) is 0 Å². The van der Waals surface area contributed by atoms with Crippen LogP contribution in [0.2, 0.25) is 0 Å². The van der Waals surface area contributed by atoms with E-state index >= 15 is 0 Å². The van der Waals surface area contributed by atoms with Crippen LogP contribution in [0.5, 0.6) is 0 Å². The first kappa shape index (κ1) is 16.7. The number of halogens is 1. The normalized spacial score (nSPS) is 17.0. The highest BCUT2D eigenvalue weighted by Gasteiger charge is 2.23. The van der Waals surface area contributed by atoms with Gasteiger partial charge in [-0.1, -0.05) is 48.5 Å². The molecule has 24 heavy (non-hydrogen) atoms. The molecule has 0 spiro atoms. The molecule has 1 aliphatic rings. The average Bonchev–Trinajstić information content (AvgIpc) is 3.10. The maximum Gasteiger partial charge on any atom is 0.227 e. The highest BCUT2D eigenvalue weighted by atomic mass is 19.1. The second-order valence-corrected chi connectivity index (χ2v) is 6.16. The van der Waals surface area contributed by atoms with E-state index in [0.717, 1.165) is 25.0 Å². The van der Waals surface area contributed by atoms with Gasteiger partial charge in [0.15, 0.2) is 0 Å². The van der Waals surface area contributed by atoms with Crippen LogP contribution in [0.1, 0.15) is 24.0 Å². The zero-order valence-corrected chi connectivity index (χ0v) is 13.7. The molecule has 2 aromatic carbocycles. The minimum atomic E-state index is -0.276. The number of carbonyl (C=O) groups is 1. The SMILES string of the molecule is O=C(Cc1ccccc1)N(Cc1ccccc1F)CC1CCCO1. The molecule has 0 aliphatic carbocycles. The van der Waals surface area contributed by atoms with E-state index in [2.05, 4.69) is 0 Å². The molecule has 4 heteroatoms. The number of ether oxygens (including phenoxy) is 1. The lowest BCUT2D eigenvalue weighted by molar-refractivity contribution is -0.132. The summed E-state index contributed by atoms with van der Waals surface area (Å²) < 4.78 is 19.6. The summed E-state index contributed by atoms with van der Waals surface area (Å²) in [5.74, 6) is -0.276. The Morgan fingerprint density at radius 2 is 1.88 bits per heavy atom. The maximum atomic E-state index is 14.0. The molecule has 1 saturated heterocycles. The molecule has 0 aromatic heterocycles. The van der Waals surface area contributed by atoms with Crippen LogP contribution in [0.15, 0.2) is 54.6 Å². The van der Waals surface area contributed by atoms with Gasteiger partial charge in [0.05, 0.1) is 12.5 Å². The van der Waals surface area contributed by atoms with E-state index in [9.17, 15) is 9.18 Å². The lowest BCUT2D eigenvalue weighted by atomic mass is 10.1. The van der Waals surface area contributed by atoms with Gasteiger partial charge < -0.3 is 9.64 Å². The number of amides is 1. The fourth-order valence-electron chi connectivity index (χ4n) is 3.00. The van der Waals surface area contributed by atoms with Crippen molar-refractivity contribution in [2.75, 3.05) is 13.2 Å². The minimum Gasteiger partial charge on any atom is -0.376 e. The van der Waals surface area contributed by atoms with Crippen LogP contribution in [-0.4, -0.2) is 30.1 Å². The van der Waals surface area contributed by atoms with Crippen LogP contribution >= 0.6 is 0 Å². The topological polar surface area (TPSA) is 29.5 Å². The van der Waals surface area contributed by atoms with Crippen molar-refractivity contribution < 1.29 is 13.9 Å². The number of hydrogen-bond acceptors (Lipinski definition) is 2. The molecule has 3 rings (SSSR count). The first-order valence-electron chi connectivity index (χ1n) is 8.39. The standard InChI is InChI=1S/C20H22FNO2/c21-19-11-5-4-9-17(19)14-22(15-18-10-6-12-24-18)20(23)13-16-7-2-1-3-8-16/h1-5,7-9,11,18H,6,10,12-15H2. The van der Waals surface area contributed by atoms with E-state index in [0.29, 0.717) is 18.5 Å². The van der Waals surface area contributed by atoms with Crippen molar-refractivity contribution in [2.45, 2.75) is 31.9 Å². The summed E-state index contributed by atoms with van der Waals surface area (Å²) in [6.45, 7) is 1.53. The summed E-state index contributed by atoms with van der Waals surface area (Å²) >= 11 is 0. The fraction of sp³-hybridized carbons (Fsp3) is 0.350. The van der Waals surface area contributed by atoms with Crippen LogP contribution in [0.3, 0.4) is 0 Å². The summed E-state index contributed by atoms with van der Waals surface area (Å²) in [4.78, 5) is 14.5. The molecule has 1 heterocycles. The Balaban J connectivity index is 1.73. The maximum absolute atomic E-state index is 14.0. The zero-order chi connectivity index (χ0) is 16.8. The van der Waals surface area contributed by atoms with Gasteiger partial charge in [0.2, 0.25) is 5.91 Å². The number of hydrogen-bond donors (Lipinski definition) is 0. The van der Waals surface area contributed by atoms with Gasteiger partial charge >= 0.3 is 0 Å². The molecule has 1 amide bonds. The molecule has 0 saturated carbocycles. The Labute approximate surface area is 142 Å². The van der Waals surface area contributed by atoms with Crippen molar-refractivity contribution >= 4 is 5.91 Å². The van der Waals surface area contributed by atoms with E-state index in [1.165, 1.54) is 6.07 Å². The quantitative estimate of drug-likeness (QED) is 0.812. The minimum absolute atomic E-state index is 0.0000435. The molecule has 2 aromatic rings. The summed E-state index contributed by atoms with van der Waals surface area (Å²) in [6, 6.07) is 16.3. The van der Waals surface area contributed by atoms with Gasteiger partial charge in [0.1, 0.15) is 5.82 Å². The van der Waals surface area contributed by atoms with Crippen LogP contribution in [-0.2, 0) is 22.5 Å². The predicted octanol–water partition coefficient (Wildman–Crippen LogP) is 3.58. The Hall–Kier alpha value is -2.20. The van der Waals surface area contributed by atoms with Crippen molar-refractivity contribution in [2.24, 2.45) is 0 Å². The molecule has 0 radical (unpaired) electrons. The van der Waals surface area contributed by atoms with Crippen LogP contribution < -0.4 is 0 Å². The molecule has 1 atom stereocenters. The van der Waals surface area contributed by atoms with Crippen LogP contribution in [0, 0.1) is 5.82 Å². The predicted molar refractivity (Wildman–Crippen MR) is 90.9 cm³/mol. The molecule has 3 nitrogen and oxygen atoms in total. The third-order valence-corrected chi connectivity index (χ3v) is 4.32. The highest BCUT2D eigenvalue weighted by molar-refractivity contribution is 5.78. The molecule has 1 unspecified atom stereocenters. The van der Waals surface area contributed by atoms with Crippen molar-refractivity contribution in [3.05, 3.63) is 71.5 Å². The van der Waals surface area contributed by atoms with Gasteiger partial charge in [0, 0.05) is 25.3 Å². The number of nitrogens with zero attached hydrogens (tertiary/aromatic N) is 1. The van der Waals surface area contributed by atoms with Gasteiger partial charge in [-0.05, 0) is 24.5 Å². The zero-order valence-electron chi connectivity index (χ0n) is 13.7. The lowest BCUT2D eigenvalue weighted by Gasteiger charge is -2.26. The van der Waals surface area contributed by atoms with Gasteiger partial charge in [-0.15, -0.1) is 0 Å². The average molecular weight is 327 g/mol. The van der Waals surface area contributed by atoms with E-state index in [1.54, 1.807) is 23.1 Å². The second-order valence-electron chi connectivity index (χ2n) is 6.16. The van der Waals surface area contributed by atoms with Crippen LogP contribution in [0.25, 0.3) is 0 Å². The van der Waals surface area contributed by atoms with Crippen molar-refractivity contribution in [3.8, 4) is 0 Å². The molecule has 0 N–H and O–H groups in total. The largest absolute Gasteiger partial charge is 0.376 e. The summed E-state index contributed by atoms with van der Waals surface area (Å²) in [5, 5.41) is 0. The van der Waals surface area contributed by atoms with E-state index in [1.807, 2.05) is 30.3 Å². The number of rotatable bonds is 6. The Bertz CT molecular complexity index is 668. The van der Waals surface area contributed by atoms with Gasteiger partial charge in [-0.3, -0.25) is 4.79 Å². The third kappa shape index (κ3) is 4.42. The van der Waals surface area contributed by atoms with E-state index in [-0.39, 0.29) is 24.4 Å². The Morgan fingerprint density at radius 1 is 1.12 bits per heavy atom. The molecule has 126 valence electrons. The number of benzene rings is 2. The summed E-state index contributed by atoms with van der Waals surface area (Å²) in [7, 11) is 0. The Kier molecular flexibility index (Phi) is 5.59. The molecular weight excluding hydrogens is 305 g/mol. The summed E-state index contributed by atoms with van der Waals surface area (Å²) in [6.07, 6.45) is 2.34. The molecule has 1 fully saturated rings. The first-order chi connectivity index (χ1) is 11.7. The second kappa shape index (κ2) is 8.06. The highest BCUT2D eigenvalue weighted by Crippen LogP contribution is 2.17. The monoisotopic (exact) mass is 327 g/mol.